The summed E-state index contributed by atoms with van der Waals surface area (Å²) < 4.78 is 16.5. The first kappa shape index (κ1) is 22.2. The summed E-state index contributed by atoms with van der Waals surface area (Å²) in [5.74, 6) is -0.604. The first-order chi connectivity index (χ1) is 14.3. The van der Waals surface area contributed by atoms with E-state index in [4.69, 9.17) is 0 Å². The molecule has 0 spiro atoms. The molecule has 0 atom stereocenters. The van der Waals surface area contributed by atoms with E-state index in [1.54, 1.807) is 17.7 Å². The maximum Gasteiger partial charge on any atom is 0.254 e. The number of benzene rings is 2. The summed E-state index contributed by atoms with van der Waals surface area (Å²) in [6, 6.07) is 11.6. The average molecular weight is 539 g/mol. The van der Waals surface area contributed by atoms with E-state index in [0.29, 0.717) is 11.0 Å². The van der Waals surface area contributed by atoms with Crippen molar-refractivity contribution in [3.05, 3.63) is 68.8 Å². The Morgan fingerprint density at radius 3 is 2.70 bits per heavy atom. The topological polar surface area (TPSA) is 88.9 Å². The normalized spacial score (nSPS) is 10.7. The Kier molecular flexibility index (Phi) is 7.43. The van der Waals surface area contributed by atoms with Gasteiger partial charge in [0.15, 0.2) is 11.0 Å². The fourth-order valence-corrected chi connectivity index (χ4v) is 3.99. The molecule has 1 heterocycles. The van der Waals surface area contributed by atoms with Crippen LogP contribution >= 0.6 is 34.4 Å². The molecule has 3 aromatic rings. The van der Waals surface area contributed by atoms with Crippen molar-refractivity contribution in [1.82, 2.24) is 20.1 Å². The minimum atomic E-state index is -0.585. The van der Waals surface area contributed by atoms with Crippen LogP contribution in [0.4, 0.5) is 10.1 Å². The molecule has 0 radical (unpaired) electrons. The number of halogens is 2. The highest BCUT2D eigenvalue weighted by atomic mass is 127. The van der Waals surface area contributed by atoms with Gasteiger partial charge in [-0.15, -0.1) is 10.2 Å². The number of nitrogens with one attached hydrogen (secondary N) is 2. The van der Waals surface area contributed by atoms with Gasteiger partial charge in [0.05, 0.1) is 17.9 Å². The van der Waals surface area contributed by atoms with Gasteiger partial charge in [0.2, 0.25) is 5.91 Å². The van der Waals surface area contributed by atoms with Crippen molar-refractivity contribution in [3.63, 3.8) is 0 Å². The number of amides is 2. The summed E-state index contributed by atoms with van der Waals surface area (Å²) >= 11 is 3.46. The lowest BCUT2D eigenvalue weighted by molar-refractivity contribution is -0.113. The van der Waals surface area contributed by atoms with E-state index in [-0.39, 0.29) is 23.8 Å². The smallest absolute Gasteiger partial charge is 0.254 e. The Morgan fingerprint density at radius 2 is 1.97 bits per heavy atom. The van der Waals surface area contributed by atoms with E-state index in [1.807, 2.05) is 25.1 Å². The maximum absolute atomic E-state index is 13.7. The van der Waals surface area contributed by atoms with Crippen molar-refractivity contribution in [2.45, 2.75) is 18.6 Å². The van der Waals surface area contributed by atoms with Gasteiger partial charge in [-0.2, -0.15) is 0 Å². The van der Waals surface area contributed by atoms with Crippen LogP contribution in [-0.2, 0) is 18.4 Å². The monoisotopic (exact) mass is 539 g/mol. The minimum Gasteiger partial charge on any atom is -0.345 e. The molecule has 1 aromatic heterocycles. The number of hydrogen-bond acceptors (Lipinski definition) is 5. The van der Waals surface area contributed by atoms with Gasteiger partial charge in [0, 0.05) is 16.3 Å². The van der Waals surface area contributed by atoms with E-state index in [2.05, 4.69) is 43.4 Å². The third-order valence-electron chi connectivity index (χ3n) is 4.25. The number of aryl methyl sites for hydroxylation is 1. The molecule has 3 rings (SSSR count). The van der Waals surface area contributed by atoms with Gasteiger partial charge < -0.3 is 15.2 Å². The fourth-order valence-electron chi connectivity index (χ4n) is 2.61. The van der Waals surface area contributed by atoms with E-state index in [0.717, 1.165) is 14.8 Å². The molecule has 0 saturated heterocycles. The predicted octanol–water partition coefficient (Wildman–Crippen LogP) is 3.53. The summed E-state index contributed by atoms with van der Waals surface area (Å²) in [7, 11) is 1.74. The van der Waals surface area contributed by atoms with Gasteiger partial charge in [0.1, 0.15) is 5.82 Å². The van der Waals surface area contributed by atoms with E-state index in [1.165, 1.54) is 30.0 Å². The second-order valence-electron chi connectivity index (χ2n) is 6.42. The maximum atomic E-state index is 13.7. The van der Waals surface area contributed by atoms with Crippen LogP contribution in [0.1, 0.15) is 21.7 Å². The largest absolute Gasteiger partial charge is 0.345 e. The number of nitrogens with zero attached hydrogens (tertiary/aromatic N) is 3. The third kappa shape index (κ3) is 5.57. The highest BCUT2D eigenvalue weighted by Crippen LogP contribution is 2.20. The summed E-state index contributed by atoms with van der Waals surface area (Å²) in [6.07, 6.45) is 0. The van der Waals surface area contributed by atoms with Crippen LogP contribution in [0.3, 0.4) is 0 Å². The molecule has 156 valence electrons. The molecule has 0 bridgehead atoms. The van der Waals surface area contributed by atoms with Gasteiger partial charge >= 0.3 is 0 Å². The minimum absolute atomic E-state index is 0.0307. The van der Waals surface area contributed by atoms with Gasteiger partial charge in [-0.25, -0.2) is 4.39 Å². The summed E-state index contributed by atoms with van der Waals surface area (Å²) in [6.45, 7) is 2.03. The van der Waals surface area contributed by atoms with Crippen molar-refractivity contribution in [1.29, 1.82) is 0 Å². The first-order valence-corrected chi connectivity index (χ1v) is 11.0. The average Bonchev–Trinajstić information content (AvgIpc) is 3.06. The number of rotatable bonds is 7. The summed E-state index contributed by atoms with van der Waals surface area (Å²) in [5, 5.41) is 14.2. The molecule has 0 saturated carbocycles. The quantitative estimate of drug-likeness (QED) is 0.355. The lowest BCUT2D eigenvalue weighted by Crippen LogP contribution is -2.25. The van der Waals surface area contributed by atoms with Crippen LogP contribution in [-0.4, -0.2) is 32.3 Å². The number of carbonyl (C=O) groups excluding carboxylic acids is 2. The third-order valence-corrected chi connectivity index (χ3v) is 5.94. The second kappa shape index (κ2) is 10.0. The van der Waals surface area contributed by atoms with Gasteiger partial charge in [-0.3, -0.25) is 9.59 Å². The molecule has 2 N–H and O–H groups in total. The van der Waals surface area contributed by atoms with E-state index in [9.17, 15) is 14.0 Å². The van der Waals surface area contributed by atoms with Crippen LogP contribution in [0.25, 0.3) is 0 Å². The number of hydrogen-bond donors (Lipinski definition) is 2. The lowest BCUT2D eigenvalue weighted by Gasteiger charge is -2.09. The predicted molar refractivity (Wildman–Crippen MR) is 122 cm³/mol. The molecular weight excluding hydrogens is 520 g/mol. The van der Waals surface area contributed by atoms with E-state index >= 15 is 0 Å². The summed E-state index contributed by atoms with van der Waals surface area (Å²) in [4.78, 5) is 24.4. The van der Waals surface area contributed by atoms with Crippen molar-refractivity contribution >= 4 is 51.9 Å². The van der Waals surface area contributed by atoms with Gasteiger partial charge in [-0.1, -0.05) is 23.9 Å². The van der Waals surface area contributed by atoms with Crippen LogP contribution in [0.5, 0.6) is 0 Å². The van der Waals surface area contributed by atoms with Crippen LogP contribution in [0.15, 0.2) is 47.6 Å². The molecule has 2 amide bonds. The zero-order chi connectivity index (χ0) is 21.7. The molecule has 0 aliphatic rings. The standard InChI is InChI=1S/C20H19FIN5O2S/c1-12-9-13(22)7-8-16(12)24-18(28)11-30-20-26-25-17(27(20)2)10-23-19(29)14-5-3-4-6-15(14)21/h3-9H,10-11H2,1-2H3,(H,23,29)(H,24,28). The van der Waals surface area contributed by atoms with Crippen molar-refractivity contribution in [2.24, 2.45) is 7.05 Å². The van der Waals surface area contributed by atoms with Gasteiger partial charge in [-0.05, 0) is 65.4 Å². The Bertz CT molecular complexity index is 1090. The molecule has 0 aliphatic carbocycles. The lowest BCUT2D eigenvalue weighted by atomic mass is 10.2. The Hall–Kier alpha value is -2.47. The molecule has 7 nitrogen and oxygen atoms in total. The number of carbonyl (C=O) groups is 2. The van der Waals surface area contributed by atoms with Crippen LogP contribution in [0.2, 0.25) is 0 Å². The van der Waals surface area contributed by atoms with Gasteiger partial charge in [0.25, 0.3) is 5.91 Å². The molecule has 0 aliphatic heterocycles. The number of thioether (sulfide) groups is 1. The van der Waals surface area contributed by atoms with E-state index < -0.39 is 11.7 Å². The Labute approximate surface area is 191 Å². The zero-order valence-electron chi connectivity index (χ0n) is 16.3. The van der Waals surface area contributed by atoms with Crippen LogP contribution < -0.4 is 10.6 Å². The van der Waals surface area contributed by atoms with Crippen molar-refractivity contribution in [2.75, 3.05) is 11.1 Å². The number of aromatic nitrogens is 3. The van der Waals surface area contributed by atoms with Crippen LogP contribution in [0, 0.1) is 16.3 Å². The van der Waals surface area contributed by atoms with Crippen molar-refractivity contribution < 1.29 is 14.0 Å². The molecule has 0 fully saturated rings. The summed E-state index contributed by atoms with van der Waals surface area (Å²) in [5.41, 5.74) is 1.74. The first-order valence-electron chi connectivity index (χ1n) is 8.95. The second-order valence-corrected chi connectivity index (χ2v) is 8.60. The molecule has 2 aromatic carbocycles. The Morgan fingerprint density at radius 1 is 1.20 bits per heavy atom. The highest BCUT2D eigenvalue weighted by molar-refractivity contribution is 14.1. The fraction of sp³-hybridized carbons (Fsp3) is 0.200. The highest BCUT2D eigenvalue weighted by Gasteiger charge is 2.15. The number of anilines is 1. The Balaban J connectivity index is 1.54. The molecule has 10 heteroatoms. The van der Waals surface area contributed by atoms with Crippen molar-refractivity contribution in [3.8, 4) is 0 Å². The molecular formula is C20H19FIN5O2S. The molecule has 30 heavy (non-hydrogen) atoms. The SMILES string of the molecule is Cc1cc(I)ccc1NC(=O)CSc1nnc(CNC(=O)c2ccccc2F)n1C. The molecule has 0 unspecified atom stereocenters. The zero-order valence-corrected chi connectivity index (χ0v) is 19.3.